The van der Waals surface area contributed by atoms with Gasteiger partial charge in [-0.25, -0.2) is 0 Å². The average Bonchev–Trinajstić information content (AvgIpc) is 3.18. The van der Waals surface area contributed by atoms with Gasteiger partial charge in [-0.05, 0) is 78.9 Å². The molecule has 0 aromatic heterocycles. The molecule has 1 amide bonds. The molecule has 204 valence electrons. The van der Waals surface area contributed by atoms with Crippen LogP contribution in [0.4, 0.5) is 5.69 Å². The lowest BCUT2D eigenvalue weighted by Crippen LogP contribution is -2.29. The van der Waals surface area contributed by atoms with Crippen molar-refractivity contribution < 1.29 is 28.9 Å². The average molecular weight is 530 g/mol. The number of aliphatic hydroxyl groups is 1. The molecule has 1 unspecified atom stereocenters. The first-order valence-corrected chi connectivity index (χ1v) is 13.1. The Morgan fingerprint density at radius 2 is 1.56 bits per heavy atom. The largest absolute Gasteiger partial charge is 0.507 e. The van der Waals surface area contributed by atoms with E-state index in [0.29, 0.717) is 47.3 Å². The van der Waals surface area contributed by atoms with Gasteiger partial charge in [0.05, 0.1) is 37.5 Å². The van der Waals surface area contributed by atoms with Crippen LogP contribution in [-0.2, 0) is 15.0 Å². The number of benzene rings is 3. The van der Waals surface area contributed by atoms with Crippen molar-refractivity contribution in [2.45, 2.75) is 46.1 Å². The lowest BCUT2D eigenvalue weighted by atomic mass is 9.85. The molecule has 1 aliphatic rings. The van der Waals surface area contributed by atoms with Crippen molar-refractivity contribution in [1.82, 2.24) is 0 Å². The lowest BCUT2D eigenvalue weighted by molar-refractivity contribution is -0.132. The number of ether oxygens (including phenoxy) is 3. The summed E-state index contributed by atoms with van der Waals surface area (Å²) in [5.74, 6) is -0.169. The summed E-state index contributed by atoms with van der Waals surface area (Å²) in [5, 5.41) is 11.7. The van der Waals surface area contributed by atoms with Gasteiger partial charge in [0.15, 0.2) is 0 Å². The number of Topliss-reactive ketones (excluding diaryl/α,β-unsaturated/α-hetero) is 1. The van der Waals surface area contributed by atoms with E-state index in [0.717, 1.165) is 5.56 Å². The normalized spacial score (nSPS) is 16.9. The second-order valence-electron chi connectivity index (χ2n) is 10.3. The molecule has 0 aliphatic carbocycles. The van der Waals surface area contributed by atoms with Crippen LogP contribution in [0.2, 0.25) is 0 Å². The summed E-state index contributed by atoms with van der Waals surface area (Å²) < 4.78 is 16.8. The van der Waals surface area contributed by atoms with E-state index in [2.05, 4.69) is 20.8 Å². The maximum atomic E-state index is 13.6. The van der Waals surface area contributed by atoms with Gasteiger partial charge in [0.25, 0.3) is 11.7 Å². The first kappa shape index (κ1) is 27.8. The Kier molecular flexibility index (Phi) is 8.00. The number of nitrogens with zero attached hydrogens (tertiary/aromatic N) is 1. The van der Waals surface area contributed by atoms with Crippen molar-refractivity contribution >= 4 is 23.1 Å². The van der Waals surface area contributed by atoms with Crippen LogP contribution in [0, 0.1) is 0 Å². The van der Waals surface area contributed by atoms with Gasteiger partial charge < -0.3 is 19.3 Å². The van der Waals surface area contributed by atoms with Crippen molar-refractivity contribution in [3.05, 3.63) is 89.0 Å². The number of anilines is 1. The van der Waals surface area contributed by atoms with Crippen LogP contribution in [0.15, 0.2) is 72.3 Å². The number of hydrogen-bond donors (Lipinski definition) is 1. The second-order valence-corrected chi connectivity index (χ2v) is 10.3. The molecule has 0 radical (unpaired) electrons. The van der Waals surface area contributed by atoms with Gasteiger partial charge in [-0.3, -0.25) is 14.5 Å². The quantitative estimate of drug-likeness (QED) is 0.206. The van der Waals surface area contributed by atoms with Crippen LogP contribution in [-0.4, -0.2) is 37.1 Å². The van der Waals surface area contributed by atoms with Gasteiger partial charge in [0.2, 0.25) is 0 Å². The summed E-state index contributed by atoms with van der Waals surface area (Å²) in [6.07, 6.45) is 0. The Hall–Kier alpha value is -4.26. The molecule has 3 aromatic carbocycles. The maximum absolute atomic E-state index is 13.6. The fraction of sp³-hybridized carbons (Fsp3) is 0.312. The topological polar surface area (TPSA) is 85.3 Å². The Labute approximate surface area is 229 Å². The number of methoxy groups -OCH3 is 1. The van der Waals surface area contributed by atoms with Gasteiger partial charge >= 0.3 is 0 Å². The number of aliphatic hydroxyl groups excluding tert-OH is 1. The zero-order valence-corrected chi connectivity index (χ0v) is 23.3. The predicted molar refractivity (Wildman–Crippen MR) is 152 cm³/mol. The van der Waals surface area contributed by atoms with Gasteiger partial charge in [-0.1, -0.05) is 39.0 Å². The Balaban J connectivity index is 1.96. The summed E-state index contributed by atoms with van der Waals surface area (Å²) in [4.78, 5) is 28.6. The van der Waals surface area contributed by atoms with Crippen LogP contribution in [0.3, 0.4) is 0 Å². The molecule has 7 heteroatoms. The molecule has 1 aliphatic heterocycles. The highest BCUT2D eigenvalue weighted by atomic mass is 16.5. The minimum absolute atomic E-state index is 0.0214. The van der Waals surface area contributed by atoms with Crippen LogP contribution in [0.25, 0.3) is 5.76 Å². The number of ketones is 1. The first-order valence-electron chi connectivity index (χ1n) is 13.1. The molecule has 3 aromatic rings. The number of rotatable bonds is 8. The van der Waals surface area contributed by atoms with E-state index in [1.54, 1.807) is 42.5 Å². The van der Waals surface area contributed by atoms with Gasteiger partial charge in [-0.15, -0.1) is 0 Å². The smallest absolute Gasteiger partial charge is 0.300 e. The zero-order valence-electron chi connectivity index (χ0n) is 23.3. The summed E-state index contributed by atoms with van der Waals surface area (Å²) in [6, 6.07) is 18.8. The minimum Gasteiger partial charge on any atom is -0.507 e. The van der Waals surface area contributed by atoms with Gasteiger partial charge in [0, 0.05) is 5.69 Å². The SMILES string of the molecule is CCOc1ccc(N2C(=O)C(=O)/C(=C(/O)c3cc(C(C)(C)C)ccc3OC)C2c2cccc(OCC)c2)cc1. The molecule has 7 nitrogen and oxygen atoms in total. The van der Waals surface area contributed by atoms with E-state index < -0.39 is 17.7 Å². The zero-order chi connectivity index (χ0) is 28.3. The molecular weight excluding hydrogens is 494 g/mol. The molecule has 39 heavy (non-hydrogen) atoms. The molecule has 1 heterocycles. The highest BCUT2D eigenvalue weighted by molar-refractivity contribution is 6.51. The Morgan fingerprint density at radius 3 is 2.18 bits per heavy atom. The molecule has 1 atom stereocenters. The van der Waals surface area contributed by atoms with E-state index >= 15 is 0 Å². The summed E-state index contributed by atoms with van der Waals surface area (Å²) in [5.41, 5.74) is 2.18. The third-order valence-corrected chi connectivity index (χ3v) is 6.68. The Bertz CT molecular complexity index is 1400. The summed E-state index contributed by atoms with van der Waals surface area (Å²) in [6.45, 7) is 10.9. The number of carbonyl (C=O) groups excluding carboxylic acids is 2. The molecule has 4 rings (SSSR count). The Morgan fingerprint density at radius 1 is 0.897 bits per heavy atom. The molecule has 0 bridgehead atoms. The van der Waals surface area contributed by atoms with Crippen molar-refractivity contribution in [3.8, 4) is 17.2 Å². The fourth-order valence-corrected chi connectivity index (χ4v) is 4.73. The predicted octanol–water partition coefficient (Wildman–Crippen LogP) is 6.42. The van der Waals surface area contributed by atoms with Crippen molar-refractivity contribution in [1.29, 1.82) is 0 Å². The number of amides is 1. The van der Waals surface area contributed by atoms with E-state index in [-0.39, 0.29) is 16.7 Å². The highest BCUT2D eigenvalue weighted by Crippen LogP contribution is 2.44. The van der Waals surface area contributed by atoms with Gasteiger partial charge in [0.1, 0.15) is 23.0 Å². The van der Waals surface area contributed by atoms with E-state index in [1.165, 1.54) is 12.0 Å². The second kappa shape index (κ2) is 11.2. The van der Waals surface area contributed by atoms with Gasteiger partial charge in [-0.2, -0.15) is 0 Å². The third kappa shape index (κ3) is 5.48. The monoisotopic (exact) mass is 529 g/mol. The molecule has 0 saturated carbocycles. The standard InChI is InChI=1S/C32H35NO6/c1-7-38-23-15-13-22(14-16-23)33-28(20-10-9-11-24(18-20)39-8-2)27(30(35)31(33)36)29(34)25-19-21(32(3,4)5)12-17-26(25)37-6/h9-19,28,34H,7-8H2,1-6H3/b29-27+. The molecule has 1 fully saturated rings. The van der Waals surface area contributed by atoms with E-state index in [9.17, 15) is 14.7 Å². The summed E-state index contributed by atoms with van der Waals surface area (Å²) in [7, 11) is 1.50. The summed E-state index contributed by atoms with van der Waals surface area (Å²) >= 11 is 0. The number of carbonyl (C=O) groups is 2. The van der Waals surface area contributed by atoms with Crippen molar-refractivity contribution in [2.24, 2.45) is 0 Å². The van der Waals surface area contributed by atoms with Crippen molar-refractivity contribution in [2.75, 3.05) is 25.2 Å². The first-order chi connectivity index (χ1) is 18.6. The molecule has 0 spiro atoms. The minimum atomic E-state index is -0.897. The van der Waals surface area contributed by atoms with Crippen LogP contribution in [0.5, 0.6) is 17.2 Å². The molecule has 1 N–H and O–H groups in total. The fourth-order valence-electron chi connectivity index (χ4n) is 4.73. The number of hydrogen-bond acceptors (Lipinski definition) is 6. The van der Waals surface area contributed by atoms with E-state index in [4.69, 9.17) is 14.2 Å². The molecule has 1 saturated heterocycles. The highest BCUT2D eigenvalue weighted by Gasteiger charge is 2.47. The van der Waals surface area contributed by atoms with Crippen molar-refractivity contribution in [3.63, 3.8) is 0 Å². The lowest BCUT2D eigenvalue weighted by Gasteiger charge is -2.26. The van der Waals surface area contributed by atoms with Crippen LogP contribution < -0.4 is 19.1 Å². The third-order valence-electron chi connectivity index (χ3n) is 6.68. The molecular formula is C32H35NO6. The van der Waals surface area contributed by atoms with Crippen LogP contribution >= 0.6 is 0 Å². The van der Waals surface area contributed by atoms with Crippen LogP contribution in [0.1, 0.15) is 57.4 Å². The van der Waals surface area contributed by atoms with E-state index in [1.807, 2.05) is 38.1 Å². The maximum Gasteiger partial charge on any atom is 0.300 e.